The second kappa shape index (κ2) is 8.72. The molecule has 3 aromatic rings. The van der Waals surface area contributed by atoms with E-state index < -0.39 is 18.5 Å². The number of benzene rings is 2. The molecule has 8 heteroatoms. The molecule has 138 valence electrons. The van der Waals surface area contributed by atoms with Gasteiger partial charge in [0.15, 0.2) is 6.61 Å². The fourth-order valence-electron chi connectivity index (χ4n) is 2.30. The topological polar surface area (TPSA) is 104 Å². The highest BCUT2D eigenvalue weighted by Crippen LogP contribution is 2.18. The summed E-state index contributed by atoms with van der Waals surface area (Å²) in [6.07, 6.45) is 0. The average Bonchev–Trinajstić information content (AvgIpc) is 3.16. The summed E-state index contributed by atoms with van der Waals surface area (Å²) < 4.78 is 15.4. The molecule has 0 fully saturated rings. The fourth-order valence-corrected chi connectivity index (χ4v) is 2.30. The van der Waals surface area contributed by atoms with E-state index in [9.17, 15) is 9.59 Å². The van der Waals surface area contributed by atoms with Crippen molar-refractivity contribution >= 4 is 17.9 Å². The molecule has 1 aromatic heterocycles. The molecule has 0 bridgehead atoms. The number of carbonyl (C=O) groups is 2. The zero-order valence-corrected chi connectivity index (χ0v) is 14.5. The van der Waals surface area contributed by atoms with Crippen molar-refractivity contribution in [1.29, 1.82) is 0 Å². The lowest BCUT2D eigenvalue weighted by molar-refractivity contribution is -0.119. The Morgan fingerprint density at radius 3 is 2.67 bits per heavy atom. The molecule has 1 N–H and O–H groups in total. The Labute approximate surface area is 155 Å². The third-order valence-electron chi connectivity index (χ3n) is 3.50. The number of carbonyl (C=O) groups excluding carboxylic acids is 2. The number of esters is 1. The van der Waals surface area contributed by atoms with Gasteiger partial charge in [0.2, 0.25) is 5.89 Å². The van der Waals surface area contributed by atoms with E-state index >= 15 is 0 Å². The number of hydrogen-bond acceptors (Lipinski definition) is 7. The van der Waals surface area contributed by atoms with E-state index in [0.29, 0.717) is 12.2 Å². The van der Waals surface area contributed by atoms with Crippen LogP contribution in [0.4, 0.5) is 6.01 Å². The Hall–Kier alpha value is -3.52. The molecule has 0 aliphatic carbocycles. The zero-order chi connectivity index (χ0) is 19.1. The van der Waals surface area contributed by atoms with Crippen LogP contribution in [-0.4, -0.2) is 35.8 Å². The van der Waals surface area contributed by atoms with Gasteiger partial charge in [-0.1, -0.05) is 35.4 Å². The van der Waals surface area contributed by atoms with E-state index in [-0.39, 0.29) is 11.9 Å². The molecule has 0 aliphatic rings. The average molecular weight is 367 g/mol. The lowest BCUT2D eigenvalue weighted by Gasteiger charge is -2.06. The summed E-state index contributed by atoms with van der Waals surface area (Å²) in [7, 11) is 1.57. The molecule has 0 atom stereocenters. The van der Waals surface area contributed by atoms with Gasteiger partial charge in [-0.2, -0.15) is 0 Å². The van der Waals surface area contributed by atoms with Crippen LogP contribution in [-0.2, 0) is 20.9 Å². The molecule has 1 heterocycles. The fraction of sp³-hybridized carbons (Fsp3) is 0.158. The highest BCUT2D eigenvalue weighted by Gasteiger charge is 2.14. The Kier molecular flexibility index (Phi) is 5.91. The van der Waals surface area contributed by atoms with Gasteiger partial charge in [0.05, 0.1) is 12.2 Å². The smallest absolute Gasteiger partial charge is 0.338 e. The molecular formula is C19H17N3O5. The van der Waals surface area contributed by atoms with Crippen LogP contribution in [0.3, 0.4) is 0 Å². The van der Waals surface area contributed by atoms with Gasteiger partial charge in [-0.25, -0.2) is 4.79 Å². The van der Waals surface area contributed by atoms with Crippen molar-refractivity contribution < 1.29 is 23.5 Å². The summed E-state index contributed by atoms with van der Waals surface area (Å²) >= 11 is 0. The Morgan fingerprint density at radius 2 is 1.89 bits per heavy atom. The molecule has 0 spiro atoms. The maximum Gasteiger partial charge on any atom is 0.338 e. The summed E-state index contributed by atoms with van der Waals surface area (Å²) in [5, 5.41) is 10.00. The number of nitrogens with one attached hydrogen (secondary N) is 1. The first kappa shape index (κ1) is 18.3. The predicted octanol–water partition coefficient (Wildman–Crippen LogP) is 2.68. The SMILES string of the molecule is COCc1cccc(C(=O)OCC(=O)Nc2nnc(-c3ccccc3)o2)c1. The lowest BCUT2D eigenvalue weighted by Crippen LogP contribution is -2.21. The molecule has 8 nitrogen and oxygen atoms in total. The van der Waals surface area contributed by atoms with Crippen molar-refractivity contribution in [1.82, 2.24) is 10.2 Å². The van der Waals surface area contributed by atoms with Crippen molar-refractivity contribution in [2.24, 2.45) is 0 Å². The molecule has 0 radical (unpaired) electrons. The molecule has 27 heavy (non-hydrogen) atoms. The van der Waals surface area contributed by atoms with E-state index in [4.69, 9.17) is 13.9 Å². The Bertz CT molecular complexity index is 924. The van der Waals surface area contributed by atoms with E-state index in [1.165, 1.54) is 0 Å². The van der Waals surface area contributed by atoms with Gasteiger partial charge in [0.25, 0.3) is 5.91 Å². The number of aromatic nitrogens is 2. The maximum absolute atomic E-state index is 12.1. The van der Waals surface area contributed by atoms with Gasteiger partial charge in [-0.3, -0.25) is 10.1 Å². The largest absolute Gasteiger partial charge is 0.452 e. The van der Waals surface area contributed by atoms with Crippen molar-refractivity contribution in [3.05, 3.63) is 65.7 Å². The molecular weight excluding hydrogens is 350 g/mol. The van der Waals surface area contributed by atoms with Gasteiger partial charge in [-0.05, 0) is 29.8 Å². The molecule has 0 saturated heterocycles. The number of hydrogen-bond donors (Lipinski definition) is 1. The summed E-state index contributed by atoms with van der Waals surface area (Å²) in [6, 6.07) is 15.9. The number of amides is 1. The van der Waals surface area contributed by atoms with Crippen LogP contribution in [0.15, 0.2) is 59.0 Å². The predicted molar refractivity (Wildman–Crippen MR) is 95.8 cm³/mol. The summed E-state index contributed by atoms with van der Waals surface area (Å²) in [6.45, 7) is -0.0983. The van der Waals surface area contributed by atoms with Gasteiger partial charge in [0.1, 0.15) is 0 Å². The molecule has 1 amide bonds. The number of nitrogens with zero attached hydrogens (tertiary/aromatic N) is 2. The summed E-state index contributed by atoms with van der Waals surface area (Å²) in [4.78, 5) is 24.0. The van der Waals surface area contributed by atoms with Crippen LogP contribution in [0, 0.1) is 0 Å². The minimum absolute atomic E-state index is 0.0722. The molecule has 0 saturated carbocycles. The minimum atomic E-state index is -0.612. The van der Waals surface area contributed by atoms with Crippen LogP contribution in [0.5, 0.6) is 0 Å². The van der Waals surface area contributed by atoms with E-state index in [2.05, 4.69) is 15.5 Å². The third-order valence-corrected chi connectivity index (χ3v) is 3.50. The maximum atomic E-state index is 12.1. The van der Waals surface area contributed by atoms with Gasteiger partial charge in [0, 0.05) is 12.7 Å². The number of ether oxygens (including phenoxy) is 2. The molecule has 2 aromatic carbocycles. The second-order valence-corrected chi connectivity index (χ2v) is 5.54. The van der Waals surface area contributed by atoms with E-state index in [1.54, 1.807) is 37.4 Å². The Balaban J connectivity index is 1.53. The lowest BCUT2D eigenvalue weighted by atomic mass is 10.1. The van der Waals surface area contributed by atoms with Crippen molar-refractivity contribution in [2.75, 3.05) is 19.0 Å². The first-order valence-corrected chi connectivity index (χ1v) is 8.09. The third kappa shape index (κ3) is 4.99. The first-order valence-electron chi connectivity index (χ1n) is 8.09. The first-order chi connectivity index (χ1) is 13.2. The van der Waals surface area contributed by atoms with Gasteiger partial charge in [-0.15, -0.1) is 5.10 Å². The van der Waals surface area contributed by atoms with Crippen LogP contribution in [0.25, 0.3) is 11.5 Å². The second-order valence-electron chi connectivity index (χ2n) is 5.54. The number of rotatable bonds is 7. The van der Waals surface area contributed by atoms with E-state index in [0.717, 1.165) is 11.1 Å². The summed E-state index contributed by atoms with van der Waals surface area (Å²) in [5.41, 5.74) is 1.89. The number of anilines is 1. The zero-order valence-electron chi connectivity index (χ0n) is 14.5. The van der Waals surface area contributed by atoms with Crippen LogP contribution >= 0.6 is 0 Å². The Morgan fingerprint density at radius 1 is 1.07 bits per heavy atom. The molecule has 0 unspecified atom stereocenters. The van der Waals surface area contributed by atoms with Gasteiger partial charge < -0.3 is 13.9 Å². The van der Waals surface area contributed by atoms with Crippen molar-refractivity contribution in [3.8, 4) is 11.5 Å². The van der Waals surface area contributed by atoms with E-state index in [1.807, 2.05) is 24.3 Å². The highest BCUT2D eigenvalue weighted by molar-refractivity contribution is 5.94. The van der Waals surface area contributed by atoms with Crippen molar-refractivity contribution in [2.45, 2.75) is 6.61 Å². The van der Waals surface area contributed by atoms with Crippen LogP contribution < -0.4 is 5.32 Å². The van der Waals surface area contributed by atoms with Crippen molar-refractivity contribution in [3.63, 3.8) is 0 Å². The normalized spacial score (nSPS) is 10.4. The monoisotopic (exact) mass is 367 g/mol. The highest BCUT2D eigenvalue weighted by atomic mass is 16.5. The van der Waals surface area contributed by atoms with Crippen LogP contribution in [0.2, 0.25) is 0 Å². The molecule has 0 aliphatic heterocycles. The van der Waals surface area contributed by atoms with Crippen LogP contribution in [0.1, 0.15) is 15.9 Å². The minimum Gasteiger partial charge on any atom is -0.452 e. The number of methoxy groups -OCH3 is 1. The molecule has 3 rings (SSSR count). The van der Waals surface area contributed by atoms with Gasteiger partial charge >= 0.3 is 12.0 Å². The quantitative estimate of drug-likeness (QED) is 0.640. The standard InChI is InChI=1S/C19H17N3O5/c1-25-11-13-6-5-9-15(10-13)18(24)26-12-16(23)20-19-22-21-17(27-19)14-7-3-2-4-8-14/h2-10H,11-12H2,1H3,(H,20,22,23). The summed E-state index contributed by atoms with van der Waals surface area (Å²) in [5.74, 6) is -0.920.